The Hall–Kier alpha value is -1.84. The maximum atomic E-state index is 12.1. The van der Waals surface area contributed by atoms with Gasteiger partial charge in [-0.15, -0.1) is 0 Å². The fourth-order valence-electron chi connectivity index (χ4n) is 2.00. The zero-order valence-corrected chi connectivity index (χ0v) is 10.5. The first kappa shape index (κ1) is 12.6. The Morgan fingerprint density at radius 3 is 2.83 bits per heavy atom. The van der Waals surface area contributed by atoms with E-state index in [1.165, 1.54) is 6.92 Å². The third-order valence-electron chi connectivity index (χ3n) is 2.93. The van der Waals surface area contributed by atoms with Gasteiger partial charge in [0.05, 0.1) is 12.3 Å². The van der Waals surface area contributed by atoms with E-state index in [-0.39, 0.29) is 18.1 Å². The molecule has 0 fully saturated rings. The predicted octanol–water partition coefficient (Wildman–Crippen LogP) is 2.17. The van der Waals surface area contributed by atoms with Crippen molar-refractivity contribution in [2.45, 2.75) is 26.2 Å². The molecule has 1 aliphatic heterocycles. The van der Waals surface area contributed by atoms with Gasteiger partial charge in [0.15, 0.2) is 0 Å². The van der Waals surface area contributed by atoms with Crippen molar-refractivity contribution in [3.05, 3.63) is 24.3 Å². The smallest absolute Gasteiger partial charge is 0.227 e. The first-order valence-electron chi connectivity index (χ1n) is 6.20. The van der Waals surface area contributed by atoms with E-state index in [4.69, 9.17) is 4.74 Å². The Morgan fingerprint density at radius 1 is 1.28 bits per heavy atom. The lowest BCUT2D eigenvalue weighted by Crippen LogP contribution is -2.31. The van der Waals surface area contributed by atoms with E-state index in [1.54, 1.807) is 4.90 Å². The minimum absolute atomic E-state index is 0.0110. The van der Waals surface area contributed by atoms with Crippen LogP contribution in [0.4, 0.5) is 5.69 Å². The lowest BCUT2D eigenvalue weighted by Gasteiger charge is -2.21. The summed E-state index contributed by atoms with van der Waals surface area (Å²) in [4.78, 5) is 24.8. The Balaban J connectivity index is 2.17. The number of carbonyl (C=O) groups is 2. The molecule has 4 nitrogen and oxygen atoms in total. The molecule has 0 saturated heterocycles. The van der Waals surface area contributed by atoms with Crippen molar-refractivity contribution in [2.24, 2.45) is 0 Å². The molecule has 1 aromatic rings. The predicted molar refractivity (Wildman–Crippen MR) is 68.8 cm³/mol. The molecule has 0 radical (unpaired) electrons. The molecule has 0 bridgehead atoms. The number of hydrogen-bond donors (Lipinski definition) is 0. The van der Waals surface area contributed by atoms with Crippen LogP contribution in [0, 0.1) is 0 Å². The van der Waals surface area contributed by atoms with Crippen molar-refractivity contribution in [3.63, 3.8) is 0 Å². The van der Waals surface area contributed by atoms with Crippen LogP contribution in [-0.2, 0) is 9.59 Å². The average molecular weight is 247 g/mol. The minimum atomic E-state index is -0.0110. The third-order valence-corrected chi connectivity index (χ3v) is 2.93. The maximum Gasteiger partial charge on any atom is 0.227 e. The molecule has 2 rings (SSSR count). The van der Waals surface area contributed by atoms with Gasteiger partial charge in [0.25, 0.3) is 0 Å². The zero-order valence-electron chi connectivity index (χ0n) is 10.5. The van der Waals surface area contributed by atoms with Gasteiger partial charge in [0.1, 0.15) is 11.5 Å². The van der Waals surface area contributed by atoms with Gasteiger partial charge >= 0.3 is 0 Å². The highest BCUT2D eigenvalue weighted by Crippen LogP contribution is 2.30. The van der Waals surface area contributed by atoms with E-state index < -0.39 is 0 Å². The number of carbonyl (C=O) groups excluding carboxylic acids is 2. The Morgan fingerprint density at radius 2 is 2.06 bits per heavy atom. The zero-order chi connectivity index (χ0) is 13.0. The quantitative estimate of drug-likeness (QED) is 0.822. The number of benzene rings is 1. The Kier molecular flexibility index (Phi) is 3.97. The van der Waals surface area contributed by atoms with Crippen LogP contribution in [0.1, 0.15) is 26.2 Å². The van der Waals surface area contributed by atoms with Crippen molar-refractivity contribution in [2.75, 3.05) is 18.1 Å². The summed E-state index contributed by atoms with van der Waals surface area (Å²) >= 11 is 0. The molecule has 0 unspecified atom stereocenters. The normalized spacial score (nSPS) is 14.4. The number of hydrogen-bond acceptors (Lipinski definition) is 3. The van der Waals surface area contributed by atoms with Gasteiger partial charge in [-0.3, -0.25) is 4.79 Å². The van der Waals surface area contributed by atoms with Crippen LogP contribution in [0.5, 0.6) is 5.75 Å². The summed E-state index contributed by atoms with van der Waals surface area (Å²) in [5.41, 5.74) is 0.809. The summed E-state index contributed by atoms with van der Waals surface area (Å²) in [6, 6.07) is 7.53. The minimum Gasteiger partial charge on any atom is -0.491 e. The second-order valence-electron chi connectivity index (χ2n) is 4.42. The lowest BCUT2D eigenvalue weighted by molar-refractivity contribution is -0.123. The number of nitrogens with zero attached hydrogens (tertiary/aromatic N) is 1. The van der Waals surface area contributed by atoms with E-state index in [9.17, 15) is 9.59 Å². The molecule has 0 N–H and O–H groups in total. The van der Waals surface area contributed by atoms with Crippen molar-refractivity contribution >= 4 is 17.4 Å². The molecule has 0 aliphatic carbocycles. The van der Waals surface area contributed by atoms with Gasteiger partial charge in [-0.1, -0.05) is 12.1 Å². The monoisotopic (exact) mass is 247 g/mol. The highest BCUT2D eigenvalue weighted by Gasteiger charge is 2.21. The Bertz CT molecular complexity index is 456. The molecular weight excluding hydrogens is 230 g/mol. The van der Waals surface area contributed by atoms with Crippen molar-refractivity contribution < 1.29 is 14.3 Å². The van der Waals surface area contributed by atoms with Crippen LogP contribution >= 0.6 is 0 Å². The molecule has 18 heavy (non-hydrogen) atoms. The molecule has 0 saturated carbocycles. The topological polar surface area (TPSA) is 46.6 Å². The lowest BCUT2D eigenvalue weighted by atomic mass is 10.2. The standard InChI is InChI=1S/C14H17NO3/c1-11(16)7-8-14(17)15-9-4-10-18-13-6-3-2-5-12(13)15/h2-3,5-6H,4,7-10H2,1H3. The third kappa shape index (κ3) is 2.88. The van der Waals surface area contributed by atoms with E-state index in [0.29, 0.717) is 19.6 Å². The van der Waals surface area contributed by atoms with Crippen molar-refractivity contribution in [1.29, 1.82) is 0 Å². The van der Waals surface area contributed by atoms with Crippen LogP contribution in [0.25, 0.3) is 0 Å². The number of anilines is 1. The number of Topliss-reactive ketones (excluding diaryl/α,β-unsaturated/α-hetero) is 1. The van der Waals surface area contributed by atoms with Gasteiger partial charge < -0.3 is 14.4 Å². The Labute approximate surface area is 107 Å². The number of rotatable bonds is 3. The van der Waals surface area contributed by atoms with Crippen LogP contribution < -0.4 is 9.64 Å². The van der Waals surface area contributed by atoms with Gasteiger partial charge in [0.2, 0.25) is 5.91 Å². The number of ketones is 1. The van der Waals surface area contributed by atoms with Crippen LogP contribution in [0.2, 0.25) is 0 Å². The van der Waals surface area contributed by atoms with Crippen LogP contribution in [-0.4, -0.2) is 24.8 Å². The second kappa shape index (κ2) is 5.67. The summed E-state index contributed by atoms with van der Waals surface area (Å²) in [5, 5.41) is 0. The van der Waals surface area contributed by atoms with E-state index in [0.717, 1.165) is 17.9 Å². The molecule has 0 aromatic heterocycles. The van der Waals surface area contributed by atoms with Crippen molar-refractivity contribution in [3.8, 4) is 5.75 Å². The second-order valence-corrected chi connectivity index (χ2v) is 4.42. The van der Waals surface area contributed by atoms with Crippen molar-refractivity contribution in [1.82, 2.24) is 0 Å². The van der Waals surface area contributed by atoms with E-state index in [1.807, 2.05) is 24.3 Å². The largest absolute Gasteiger partial charge is 0.491 e. The number of fused-ring (bicyclic) bond motifs is 1. The molecule has 96 valence electrons. The fraction of sp³-hybridized carbons (Fsp3) is 0.429. The molecule has 0 spiro atoms. The average Bonchev–Trinajstić information content (AvgIpc) is 2.58. The molecule has 1 amide bonds. The summed E-state index contributed by atoms with van der Waals surface area (Å²) in [6.45, 7) is 2.77. The number of para-hydroxylation sites is 2. The maximum absolute atomic E-state index is 12.1. The summed E-state index contributed by atoms with van der Waals surface area (Å²) in [6.07, 6.45) is 1.38. The molecule has 4 heteroatoms. The van der Waals surface area contributed by atoms with Crippen LogP contribution in [0.15, 0.2) is 24.3 Å². The summed E-state index contributed by atoms with van der Waals surface area (Å²) in [7, 11) is 0. The molecular formula is C14H17NO3. The van der Waals surface area contributed by atoms with Gasteiger partial charge in [0, 0.05) is 19.4 Å². The van der Waals surface area contributed by atoms with Gasteiger partial charge in [-0.2, -0.15) is 0 Å². The number of amides is 1. The highest BCUT2D eigenvalue weighted by atomic mass is 16.5. The molecule has 1 heterocycles. The summed E-state index contributed by atoms with van der Waals surface area (Å²) in [5.74, 6) is 0.775. The summed E-state index contributed by atoms with van der Waals surface area (Å²) < 4.78 is 5.59. The van der Waals surface area contributed by atoms with Gasteiger partial charge in [-0.05, 0) is 25.5 Å². The molecule has 0 atom stereocenters. The molecule has 1 aromatic carbocycles. The fourth-order valence-corrected chi connectivity index (χ4v) is 2.00. The van der Waals surface area contributed by atoms with Gasteiger partial charge in [-0.25, -0.2) is 0 Å². The highest BCUT2D eigenvalue weighted by molar-refractivity contribution is 5.96. The number of ether oxygens (including phenoxy) is 1. The van der Waals surface area contributed by atoms with E-state index in [2.05, 4.69) is 0 Å². The first-order valence-corrected chi connectivity index (χ1v) is 6.20. The SMILES string of the molecule is CC(=O)CCC(=O)N1CCCOc2ccccc21. The van der Waals surface area contributed by atoms with E-state index >= 15 is 0 Å². The molecule has 1 aliphatic rings. The first-order chi connectivity index (χ1) is 8.68. The van der Waals surface area contributed by atoms with Crippen LogP contribution in [0.3, 0.4) is 0 Å².